The number of aryl methyl sites for hydroxylation is 1. The lowest BCUT2D eigenvalue weighted by Gasteiger charge is -2.10. The van der Waals surface area contributed by atoms with Crippen LogP contribution in [0.1, 0.15) is 5.56 Å². The molecule has 4 nitrogen and oxygen atoms in total. The van der Waals surface area contributed by atoms with Crippen LogP contribution in [0.25, 0.3) is 21.7 Å². The molecule has 0 saturated carbocycles. The zero-order valence-electron chi connectivity index (χ0n) is 15.7. The molecule has 140 valence electrons. The quantitative estimate of drug-likeness (QED) is 0.463. The van der Waals surface area contributed by atoms with E-state index in [9.17, 15) is 4.79 Å². The summed E-state index contributed by atoms with van der Waals surface area (Å²) >= 11 is 1.42. The van der Waals surface area contributed by atoms with Crippen LogP contribution < -0.4 is 10.1 Å². The summed E-state index contributed by atoms with van der Waals surface area (Å²) in [6, 6.07) is 21.9. The monoisotopic (exact) mass is 388 g/mol. The predicted octanol–water partition coefficient (Wildman–Crippen LogP) is 5.44. The molecule has 1 amide bonds. The largest absolute Gasteiger partial charge is 0.494 e. The van der Waals surface area contributed by atoms with Crippen molar-refractivity contribution in [3.05, 3.63) is 72.3 Å². The van der Waals surface area contributed by atoms with Crippen molar-refractivity contribution in [2.75, 3.05) is 18.2 Å². The summed E-state index contributed by atoms with van der Waals surface area (Å²) in [4.78, 5) is 17.1. The number of ether oxygens (including phenoxy) is 1. The standard InChI is InChI=1S/C23H20N2O2S/c1-15-12-22(25-23-19(15)8-5-9-20(23)27-2)28-14-21(26)24-18-11-10-16-6-3-4-7-17(16)13-18/h3-13H,14H2,1-2H3,(H,24,26). The third-order valence-corrected chi connectivity index (χ3v) is 5.50. The third-order valence-electron chi connectivity index (χ3n) is 4.59. The van der Waals surface area contributed by atoms with E-state index in [2.05, 4.69) is 16.4 Å². The van der Waals surface area contributed by atoms with Gasteiger partial charge in [0.05, 0.1) is 17.9 Å². The lowest BCUT2D eigenvalue weighted by Crippen LogP contribution is -2.14. The number of thioether (sulfide) groups is 1. The molecule has 0 aliphatic rings. The van der Waals surface area contributed by atoms with Crippen LogP contribution in [0.4, 0.5) is 5.69 Å². The van der Waals surface area contributed by atoms with E-state index >= 15 is 0 Å². The second kappa shape index (κ2) is 7.90. The van der Waals surface area contributed by atoms with Crippen molar-refractivity contribution >= 4 is 45.0 Å². The first-order valence-corrected chi connectivity index (χ1v) is 9.98. The Labute approximate surface area is 167 Å². The molecular formula is C23H20N2O2S. The number of carbonyl (C=O) groups excluding carboxylic acids is 1. The molecule has 0 saturated heterocycles. The maximum Gasteiger partial charge on any atom is 0.234 e. The number of nitrogens with zero attached hydrogens (tertiary/aromatic N) is 1. The smallest absolute Gasteiger partial charge is 0.234 e. The molecule has 0 bridgehead atoms. The molecule has 1 aromatic heterocycles. The van der Waals surface area contributed by atoms with Gasteiger partial charge in [-0.15, -0.1) is 0 Å². The van der Waals surface area contributed by atoms with Crippen molar-refractivity contribution in [2.24, 2.45) is 0 Å². The van der Waals surface area contributed by atoms with Crippen molar-refractivity contribution < 1.29 is 9.53 Å². The van der Waals surface area contributed by atoms with Crippen LogP contribution in [-0.4, -0.2) is 23.8 Å². The van der Waals surface area contributed by atoms with Crippen LogP contribution in [0.5, 0.6) is 5.75 Å². The molecule has 1 heterocycles. The highest BCUT2D eigenvalue weighted by Gasteiger charge is 2.10. The van der Waals surface area contributed by atoms with Gasteiger partial charge in [-0.3, -0.25) is 4.79 Å². The molecule has 3 aromatic carbocycles. The van der Waals surface area contributed by atoms with Gasteiger partial charge in [0.25, 0.3) is 0 Å². The number of nitrogens with one attached hydrogen (secondary N) is 1. The van der Waals surface area contributed by atoms with E-state index in [0.717, 1.165) is 43.7 Å². The molecule has 4 rings (SSSR count). The number of aromatic nitrogens is 1. The number of pyridine rings is 1. The molecular weight excluding hydrogens is 368 g/mol. The fourth-order valence-corrected chi connectivity index (χ4v) is 3.97. The van der Waals surface area contributed by atoms with E-state index in [0.29, 0.717) is 5.75 Å². The molecule has 0 spiro atoms. The second-order valence-electron chi connectivity index (χ2n) is 6.53. The lowest BCUT2D eigenvalue weighted by molar-refractivity contribution is -0.113. The minimum absolute atomic E-state index is 0.0557. The van der Waals surface area contributed by atoms with E-state index < -0.39 is 0 Å². The van der Waals surface area contributed by atoms with Gasteiger partial charge in [-0.1, -0.05) is 54.2 Å². The summed E-state index contributed by atoms with van der Waals surface area (Å²) in [7, 11) is 1.64. The summed E-state index contributed by atoms with van der Waals surface area (Å²) in [5.74, 6) is 0.975. The Morgan fingerprint density at radius 1 is 1.04 bits per heavy atom. The SMILES string of the molecule is COc1cccc2c(C)cc(SCC(=O)Nc3ccc4ccccc4c3)nc12. The number of rotatable bonds is 5. The highest BCUT2D eigenvalue weighted by Crippen LogP contribution is 2.29. The van der Waals surface area contributed by atoms with Crippen LogP contribution in [0.2, 0.25) is 0 Å². The number of anilines is 1. The zero-order valence-corrected chi connectivity index (χ0v) is 16.5. The first kappa shape index (κ1) is 18.3. The Kier molecular flexibility index (Phi) is 5.17. The zero-order chi connectivity index (χ0) is 19.5. The molecule has 0 atom stereocenters. The Morgan fingerprint density at radius 2 is 1.86 bits per heavy atom. The summed E-state index contributed by atoms with van der Waals surface area (Å²) < 4.78 is 5.43. The van der Waals surface area contributed by atoms with Crippen LogP contribution in [0, 0.1) is 6.92 Å². The van der Waals surface area contributed by atoms with E-state index in [4.69, 9.17) is 4.74 Å². The van der Waals surface area contributed by atoms with Gasteiger partial charge in [0, 0.05) is 11.1 Å². The molecule has 1 N–H and O–H groups in total. The number of benzene rings is 3. The summed E-state index contributed by atoms with van der Waals surface area (Å²) in [5.41, 5.74) is 2.73. The fourth-order valence-electron chi connectivity index (χ4n) is 3.20. The van der Waals surface area contributed by atoms with E-state index in [1.54, 1.807) is 7.11 Å². The Hall–Kier alpha value is -3.05. The van der Waals surface area contributed by atoms with Gasteiger partial charge in [0.1, 0.15) is 11.3 Å². The average molecular weight is 388 g/mol. The molecule has 0 aliphatic carbocycles. The molecule has 5 heteroatoms. The van der Waals surface area contributed by atoms with Gasteiger partial charge in [0.2, 0.25) is 5.91 Å². The van der Waals surface area contributed by atoms with E-state index in [1.165, 1.54) is 11.8 Å². The minimum atomic E-state index is -0.0557. The van der Waals surface area contributed by atoms with Crippen LogP contribution >= 0.6 is 11.8 Å². The maximum absolute atomic E-state index is 12.4. The third kappa shape index (κ3) is 3.80. The molecule has 28 heavy (non-hydrogen) atoms. The number of hydrogen-bond acceptors (Lipinski definition) is 4. The summed E-state index contributed by atoms with van der Waals surface area (Å²) in [5, 5.41) is 7.09. The van der Waals surface area contributed by atoms with Gasteiger partial charge >= 0.3 is 0 Å². The number of fused-ring (bicyclic) bond motifs is 2. The fraction of sp³-hybridized carbons (Fsp3) is 0.130. The summed E-state index contributed by atoms with van der Waals surface area (Å²) in [6.45, 7) is 2.04. The predicted molar refractivity (Wildman–Crippen MR) is 116 cm³/mol. The lowest BCUT2D eigenvalue weighted by atomic mass is 10.1. The van der Waals surface area contributed by atoms with Crippen LogP contribution in [-0.2, 0) is 4.79 Å². The molecule has 0 unspecified atom stereocenters. The number of hydrogen-bond donors (Lipinski definition) is 1. The first-order chi connectivity index (χ1) is 13.6. The van der Waals surface area contributed by atoms with Gasteiger partial charge in [0.15, 0.2) is 0 Å². The normalized spacial score (nSPS) is 10.9. The van der Waals surface area contributed by atoms with Crippen molar-refractivity contribution in [1.29, 1.82) is 0 Å². The molecule has 4 aromatic rings. The van der Waals surface area contributed by atoms with Gasteiger partial charge in [-0.05, 0) is 47.5 Å². The Bertz CT molecular complexity index is 1170. The number of methoxy groups -OCH3 is 1. The van der Waals surface area contributed by atoms with Crippen molar-refractivity contribution in [1.82, 2.24) is 4.98 Å². The Balaban J connectivity index is 1.48. The molecule has 0 fully saturated rings. The van der Waals surface area contributed by atoms with Gasteiger partial charge in [-0.25, -0.2) is 4.98 Å². The van der Waals surface area contributed by atoms with E-state index in [-0.39, 0.29) is 5.91 Å². The maximum atomic E-state index is 12.4. The van der Waals surface area contributed by atoms with Crippen molar-refractivity contribution in [3.8, 4) is 5.75 Å². The highest BCUT2D eigenvalue weighted by atomic mass is 32.2. The first-order valence-electron chi connectivity index (χ1n) is 9.00. The van der Waals surface area contributed by atoms with E-state index in [1.807, 2.05) is 67.6 Å². The average Bonchev–Trinajstić information content (AvgIpc) is 2.72. The number of para-hydroxylation sites is 1. The highest BCUT2D eigenvalue weighted by molar-refractivity contribution is 7.99. The topological polar surface area (TPSA) is 51.2 Å². The van der Waals surface area contributed by atoms with Gasteiger partial charge < -0.3 is 10.1 Å². The van der Waals surface area contributed by atoms with Crippen LogP contribution in [0.15, 0.2) is 71.8 Å². The number of amides is 1. The van der Waals surface area contributed by atoms with Crippen molar-refractivity contribution in [3.63, 3.8) is 0 Å². The second-order valence-corrected chi connectivity index (χ2v) is 7.53. The number of carbonyl (C=O) groups is 1. The Morgan fingerprint density at radius 3 is 2.68 bits per heavy atom. The summed E-state index contributed by atoms with van der Waals surface area (Å²) in [6.07, 6.45) is 0. The molecule has 0 aliphatic heterocycles. The van der Waals surface area contributed by atoms with Crippen LogP contribution in [0.3, 0.4) is 0 Å². The molecule has 0 radical (unpaired) electrons. The van der Waals surface area contributed by atoms with Crippen molar-refractivity contribution in [2.45, 2.75) is 11.9 Å². The minimum Gasteiger partial charge on any atom is -0.494 e. The van der Waals surface area contributed by atoms with Gasteiger partial charge in [-0.2, -0.15) is 0 Å².